The Kier molecular flexibility index (Phi) is 4.20. The van der Waals surface area contributed by atoms with E-state index in [0.717, 1.165) is 16.7 Å². The first-order valence-electron chi connectivity index (χ1n) is 5.68. The second-order valence-electron chi connectivity index (χ2n) is 4.01. The van der Waals surface area contributed by atoms with Gasteiger partial charge in [-0.1, -0.05) is 28.1 Å². The van der Waals surface area contributed by atoms with E-state index in [1.165, 1.54) is 11.1 Å². The molecule has 18 heavy (non-hydrogen) atoms. The first-order valence-corrected chi connectivity index (χ1v) is 6.48. The predicted octanol–water partition coefficient (Wildman–Crippen LogP) is 3.77. The molecular weight excluding hydrogens is 292 g/mol. The van der Waals surface area contributed by atoms with Gasteiger partial charge in [0.15, 0.2) is 0 Å². The molecule has 0 fully saturated rings. The van der Waals surface area contributed by atoms with E-state index in [-0.39, 0.29) is 0 Å². The molecule has 0 aliphatic carbocycles. The molecule has 1 heterocycles. The molecule has 0 saturated heterocycles. The highest BCUT2D eigenvalue weighted by atomic mass is 79.9. The van der Waals surface area contributed by atoms with Crippen molar-refractivity contribution in [2.45, 2.75) is 13.5 Å². The molecule has 0 amide bonds. The second-order valence-corrected chi connectivity index (χ2v) is 4.86. The third-order valence-electron chi connectivity index (χ3n) is 2.64. The van der Waals surface area contributed by atoms with Crippen molar-refractivity contribution in [3.8, 4) is 5.88 Å². The zero-order chi connectivity index (χ0) is 13.0. The third-order valence-corrected chi connectivity index (χ3v) is 3.38. The van der Waals surface area contributed by atoms with E-state index < -0.39 is 0 Å². The topological polar surface area (TPSA) is 34.1 Å². The van der Waals surface area contributed by atoms with Crippen LogP contribution in [-0.2, 0) is 6.54 Å². The van der Waals surface area contributed by atoms with E-state index in [9.17, 15) is 0 Å². The number of rotatable bonds is 4. The van der Waals surface area contributed by atoms with Crippen LogP contribution >= 0.6 is 15.9 Å². The predicted molar refractivity (Wildman–Crippen MR) is 77.0 cm³/mol. The fourth-order valence-corrected chi connectivity index (χ4v) is 2.31. The van der Waals surface area contributed by atoms with Crippen LogP contribution < -0.4 is 10.1 Å². The van der Waals surface area contributed by atoms with Gasteiger partial charge in [-0.2, -0.15) is 0 Å². The molecule has 0 bridgehead atoms. The summed E-state index contributed by atoms with van der Waals surface area (Å²) in [7, 11) is 1.62. The number of benzene rings is 1. The minimum Gasteiger partial charge on any atom is -0.480 e. The van der Waals surface area contributed by atoms with Crippen molar-refractivity contribution in [2.75, 3.05) is 12.4 Å². The Hall–Kier alpha value is -1.55. The minimum absolute atomic E-state index is 0.612. The van der Waals surface area contributed by atoms with E-state index in [2.05, 4.69) is 51.4 Å². The van der Waals surface area contributed by atoms with E-state index >= 15 is 0 Å². The highest BCUT2D eigenvalue weighted by molar-refractivity contribution is 9.10. The van der Waals surface area contributed by atoms with Crippen molar-refractivity contribution in [3.63, 3.8) is 0 Å². The maximum absolute atomic E-state index is 5.20. The molecule has 1 aromatic heterocycles. The van der Waals surface area contributed by atoms with Crippen LogP contribution in [0.25, 0.3) is 0 Å². The number of nitrogens with one attached hydrogen (secondary N) is 1. The molecule has 3 nitrogen and oxygen atoms in total. The average Bonchev–Trinajstić information content (AvgIpc) is 2.38. The monoisotopic (exact) mass is 306 g/mol. The summed E-state index contributed by atoms with van der Waals surface area (Å²) in [5, 5.41) is 3.32. The summed E-state index contributed by atoms with van der Waals surface area (Å²) in [6, 6.07) is 10.2. The molecule has 0 aliphatic heterocycles. The fraction of sp³-hybridized carbons (Fsp3) is 0.214. The zero-order valence-electron chi connectivity index (χ0n) is 10.4. The van der Waals surface area contributed by atoms with Gasteiger partial charge in [0.05, 0.1) is 12.8 Å². The molecule has 0 spiro atoms. The lowest BCUT2D eigenvalue weighted by Crippen LogP contribution is -2.03. The number of methoxy groups -OCH3 is 1. The van der Waals surface area contributed by atoms with Gasteiger partial charge in [-0.15, -0.1) is 0 Å². The van der Waals surface area contributed by atoms with Crippen molar-refractivity contribution < 1.29 is 4.74 Å². The summed E-state index contributed by atoms with van der Waals surface area (Å²) >= 11 is 3.57. The summed E-state index contributed by atoms with van der Waals surface area (Å²) in [4.78, 5) is 4.15. The van der Waals surface area contributed by atoms with Gasteiger partial charge in [-0.05, 0) is 36.2 Å². The molecular formula is C14H15BrN2O. The highest BCUT2D eigenvalue weighted by Gasteiger charge is 2.04. The number of aromatic nitrogens is 1. The summed E-state index contributed by atoms with van der Waals surface area (Å²) in [6.07, 6.45) is 1.71. The van der Waals surface area contributed by atoms with Gasteiger partial charge in [0.2, 0.25) is 5.88 Å². The molecule has 94 valence electrons. The van der Waals surface area contributed by atoms with Crippen LogP contribution in [-0.4, -0.2) is 12.1 Å². The summed E-state index contributed by atoms with van der Waals surface area (Å²) in [6.45, 7) is 2.80. The lowest BCUT2D eigenvalue weighted by atomic mass is 10.1. The number of ether oxygens (including phenoxy) is 1. The number of nitrogens with zero attached hydrogens (tertiary/aromatic N) is 1. The van der Waals surface area contributed by atoms with Crippen LogP contribution in [0.5, 0.6) is 5.88 Å². The number of hydrogen-bond acceptors (Lipinski definition) is 3. The molecule has 1 N–H and O–H groups in total. The van der Waals surface area contributed by atoms with Crippen molar-refractivity contribution in [3.05, 3.63) is 52.1 Å². The van der Waals surface area contributed by atoms with Gasteiger partial charge < -0.3 is 10.1 Å². The van der Waals surface area contributed by atoms with Gasteiger partial charge in [-0.3, -0.25) is 0 Å². The van der Waals surface area contributed by atoms with Crippen LogP contribution in [0.3, 0.4) is 0 Å². The molecule has 0 radical (unpaired) electrons. The Balaban J connectivity index is 2.11. The van der Waals surface area contributed by atoms with Gasteiger partial charge >= 0.3 is 0 Å². The molecule has 1 aromatic carbocycles. The van der Waals surface area contributed by atoms with Gasteiger partial charge in [0.1, 0.15) is 0 Å². The Morgan fingerprint density at radius 1 is 1.33 bits per heavy atom. The average molecular weight is 307 g/mol. The number of anilines is 1. The standard InChI is InChI=1S/C14H15BrN2O/c1-10-5-6-11(12(15)8-10)9-17-13-4-3-7-16-14(13)18-2/h3-8,17H,9H2,1-2H3. The quantitative estimate of drug-likeness (QED) is 0.933. The summed E-state index contributed by atoms with van der Waals surface area (Å²) < 4.78 is 6.31. The molecule has 0 unspecified atom stereocenters. The van der Waals surface area contributed by atoms with Crippen molar-refractivity contribution in [1.82, 2.24) is 4.98 Å². The molecule has 2 rings (SSSR count). The first kappa shape index (κ1) is 12.9. The second kappa shape index (κ2) is 5.87. The van der Waals surface area contributed by atoms with Crippen LogP contribution in [0.1, 0.15) is 11.1 Å². The van der Waals surface area contributed by atoms with E-state index in [1.807, 2.05) is 12.1 Å². The van der Waals surface area contributed by atoms with Crippen LogP contribution in [0.2, 0.25) is 0 Å². The number of pyridine rings is 1. The molecule has 2 aromatic rings. The lowest BCUT2D eigenvalue weighted by molar-refractivity contribution is 0.399. The maximum Gasteiger partial charge on any atom is 0.237 e. The Bertz CT molecular complexity index is 543. The largest absolute Gasteiger partial charge is 0.480 e. The van der Waals surface area contributed by atoms with Crippen LogP contribution in [0, 0.1) is 6.92 Å². The van der Waals surface area contributed by atoms with Crippen LogP contribution in [0.4, 0.5) is 5.69 Å². The van der Waals surface area contributed by atoms with Crippen molar-refractivity contribution in [2.24, 2.45) is 0 Å². The van der Waals surface area contributed by atoms with Gasteiger partial charge in [0, 0.05) is 17.2 Å². The Morgan fingerprint density at radius 3 is 2.89 bits per heavy atom. The van der Waals surface area contributed by atoms with Gasteiger partial charge in [-0.25, -0.2) is 4.98 Å². The highest BCUT2D eigenvalue weighted by Crippen LogP contribution is 2.23. The summed E-state index contributed by atoms with van der Waals surface area (Å²) in [5.41, 5.74) is 3.34. The zero-order valence-corrected chi connectivity index (χ0v) is 12.0. The number of aryl methyl sites for hydroxylation is 1. The number of hydrogen-bond donors (Lipinski definition) is 1. The SMILES string of the molecule is COc1ncccc1NCc1ccc(C)cc1Br. The molecule has 0 atom stereocenters. The third kappa shape index (κ3) is 3.01. The molecule has 0 aliphatic rings. The maximum atomic E-state index is 5.20. The Morgan fingerprint density at radius 2 is 2.17 bits per heavy atom. The van der Waals surface area contributed by atoms with E-state index in [0.29, 0.717) is 5.88 Å². The number of halogens is 1. The summed E-state index contributed by atoms with van der Waals surface area (Å²) in [5.74, 6) is 0.612. The lowest BCUT2D eigenvalue weighted by Gasteiger charge is -2.11. The fourth-order valence-electron chi connectivity index (χ4n) is 1.67. The first-order chi connectivity index (χ1) is 8.70. The van der Waals surface area contributed by atoms with E-state index in [4.69, 9.17) is 4.74 Å². The molecule has 4 heteroatoms. The van der Waals surface area contributed by atoms with Crippen molar-refractivity contribution >= 4 is 21.6 Å². The molecule has 0 saturated carbocycles. The van der Waals surface area contributed by atoms with E-state index in [1.54, 1.807) is 13.3 Å². The van der Waals surface area contributed by atoms with Crippen LogP contribution in [0.15, 0.2) is 41.0 Å². The van der Waals surface area contributed by atoms with Crippen molar-refractivity contribution in [1.29, 1.82) is 0 Å². The minimum atomic E-state index is 0.612. The smallest absolute Gasteiger partial charge is 0.237 e. The Labute approximate surface area is 115 Å². The normalized spacial score (nSPS) is 10.2. The van der Waals surface area contributed by atoms with Gasteiger partial charge in [0.25, 0.3) is 0 Å².